The number of halogens is 1. The van der Waals surface area contributed by atoms with Gasteiger partial charge in [0.05, 0.1) is 0 Å². The van der Waals surface area contributed by atoms with E-state index in [-0.39, 0.29) is 11.6 Å². The fourth-order valence-corrected chi connectivity index (χ4v) is 1.95. The fourth-order valence-electron chi connectivity index (χ4n) is 1.95. The lowest BCUT2D eigenvalue weighted by Crippen LogP contribution is -2.00. The van der Waals surface area contributed by atoms with Gasteiger partial charge in [0.1, 0.15) is 11.6 Å². The molecule has 106 valence electrons. The zero-order chi connectivity index (χ0) is 14.7. The monoisotopic (exact) mass is 285 g/mol. The van der Waals surface area contributed by atoms with Crippen molar-refractivity contribution in [1.82, 2.24) is 20.6 Å². The lowest BCUT2D eigenvalue weighted by molar-refractivity contribution is 0.466. The van der Waals surface area contributed by atoms with Crippen LogP contribution in [-0.4, -0.2) is 25.7 Å². The van der Waals surface area contributed by atoms with Crippen LogP contribution in [0.2, 0.25) is 0 Å². The standard InChI is InChI=1S/C14H12FN5O/c15-11-4-5-13(21)10(6-11)8-16-12-3-1-2-9(7-12)14-17-19-20-18-14/h1-7,16,21H,8H2,(H,17,18,19,20). The van der Waals surface area contributed by atoms with E-state index in [0.717, 1.165) is 11.3 Å². The summed E-state index contributed by atoms with van der Waals surface area (Å²) in [6.07, 6.45) is 0. The minimum Gasteiger partial charge on any atom is -0.508 e. The summed E-state index contributed by atoms with van der Waals surface area (Å²) in [6, 6.07) is 11.3. The van der Waals surface area contributed by atoms with Crippen LogP contribution in [0.4, 0.5) is 10.1 Å². The third-order valence-electron chi connectivity index (χ3n) is 2.99. The van der Waals surface area contributed by atoms with E-state index in [1.165, 1.54) is 18.2 Å². The van der Waals surface area contributed by atoms with Gasteiger partial charge in [-0.05, 0) is 35.5 Å². The van der Waals surface area contributed by atoms with Crippen molar-refractivity contribution < 1.29 is 9.50 Å². The number of aromatic hydroxyl groups is 1. The summed E-state index contributed by atoms with van der Waals surface area (Å²) in [7, 11) is 0. The van der Waals surface area contributed by atoms with E-state index in [4.69, 9.17) is 0 Å². The number of phenols is 1. The summed E-state index contributed by atoms with van der Waals surface area (Å²) in [5.41, 5.74) is 2.10. The maximum atomic E-state index is 13.2. The molecule has 0 unspecified atom stereocenters. The lowest BCUT2D eigenvalue weighted by Gasteiger charge is -2.09. The number of nitrogens with one attached hydrogen (secondary N) is 2. The van der Waals surface area contributed by atoms with E-state index in [0.29, 0.717) is 17.9 Å². The molecule has 7 heteroatoms. The highest BCUT2D eigenvalue weighted by Gasteiger charge is 2.05. The molecule has 0 radical (unpaired) electrons. The normalized spacial score (nSPS) is 10.5. The van der Waals surface area contributed by atoms with Crippen LogP contribution in [-0.2, 0) is 6.54 Å². The highest BCUT2D eigenvalue weighted by molar-refractivity contribution is 5.61. The molecule has 1 aromatic heterocycles. The van der Waals surface area contributed by atoms with Gasteiger partial charge in [0.25, 0.3) is 0 Å². The van der Waals surface area contributed by atoms with Gasteiger partial charge < -0.3 is 10.4 Å². The van der Waals surface area contributed by atoms with E-state index in [1.54, 1.807) is 0 Å². The Labute approximate surface area is 119 Å². The van der Waals surface area contributed by atoms with Crippen molar-refractivity contribution in [3.8, 4) is 17.1 Å². The second-order valence-electron chi connectivity index (χ2n) is 4.44. The molecule has 3 rings (SSSR count). The Morgan fingerprint density at radius 2 is 2.10 bits per heavy atom. The van der Waals surface area contributed by atoms with Gasteiger partial charge >= 0.3 is 0 Å². The molecule has 3 N–H and O–H groups in total. The minimum atomic E-state index is -0.384. The van der Waals surface area contributed by atoms with Crippen LogP contribution in [0.5, 0.6) is 5.75 Å². The molecule has 21 heavy (non-hydrogen) atoms. The highest BCUT2D eigenvalue weighted by Crippen LogP contribution is 2.22. The van der Waals surface area contributed by atoms with Crippen LogP contribution < -0.4 is 5.32 Å². The average Bonchev–Trinajstić information content (AvgIpc) is 3.03. The summed E-state index contributed by atoms with van der Waals surface area (Å²) in [4.78, 5) is 0. The Morgan fingerprint density at radius 1 is 1.19 bits per heavy atom. The van der Waals surface area contributed by atoms with Crippen LogP contribution >= 0.6 is 0 Å². The maximum absolute atomic E-state index is 13.2. The first-order chi connectivity index (χ1) is 10.2. The Bertz CT molecular complexity index is 745. The first-order valence-electron chi connectivity index (χ1n) is 6.27. The molecule has 3 aromatic rings. The van der Waals surface area contributed by atoms with Crippen molar-refractivity contribution in [3.05, 3.63) is 53.8 Å². The average molecular weight is 285 g/mol. The first-order valence-corrected chi connectivity index (χ1v) is 6.27. The molecule has 6 nitrogen and oxygen atoms in total. The van der Waals surface area contributed by atoms with Crippen LogP contribution in [0.3, 0.4) is 0 Å². The van der Waals surface area contributed by atoms with Gasteiger partial charge in [-0.25, -0.2) is 4.39 Å². The van der Waals surface area contributed by atoms with Crippen molar-refractivity contribution in [1.29, 1.82) is 0 Å². The summed E-state index contributed by atoms with van der Waals surface area (Å²) in [6.45, 7) is 0.305. The molecule has 1 heterocycles. The molecule has 0 saturated heterocycles. The number of nitrogens with zero attached hydrogens (tertiary/aromatic N) is 3. The third-order valence-corrected chi connectivity index (χ3v) is 2.99. The van der Waals surface area contributed by atoms with Gasteiger partial charge in [-0.2, -0.15) is 5.21 Å². The molecular formula is C14H12FN5O. The number of phenolic OH excluding ortho intramolecular Hbond substituents is 1. The fraction of sp³-hybridized carbons (Fsp3) is 0.0714. The number of hydrogen-bond donors (Lipinski definition) is 3. The molecule has 0 aliphatic rings. The number of H-pyrrole nitrogens is 1. The van der Waals surface area contributed by atoms with Gasteiger partial charge in [0.15, 0.2) is 0 Å². The van der Waals surface area contributed by atoms with Crippen molar-refractivity contribution in [2.24, 2.45) is 0 Å². The molecule has 0 bridgehead atoms. The topological polar surface area (TPSA) is 86.7 Å². The number of aromatic nitrogens is 4. The summed E-state index contributed by atoms with van der Waals surface area (Å²) < 4.78 is 13.2. The van der Waals surface area contributed by atoms with Gasteiger partial charge in [-0.1, -0.05) is 12.1 Å². The van der Waals surface area contributed by atoms with E-state index < -0.39 is 0 Å². The Balaban J connectivity index is 1.76. The molecule has 0 aliphatic carbocycles. The Morgan fingerprint density at radius 3 is 2.90 bits per heavy atom. The van der Waals surface area contributed by atoms with Crippen LogP contribution in [0.1, 0.15) is 5.56 Å². The lowest BCUT2D eigenvalue weighted by atomic mass is 10.1. The van der Waals surface area contributed by atoms with E-state index >= 15 is 0 Å². The van der Waals surface area contributed by atoms with Crippen LogP contribution in [0, 0.1) is 5.82 Å². The van der Waals surface area contributed by atoms with Gasteiger partial charge in [-0.3, -0.25) is 0 Å². The molecule has 0 atom stereocenters. The molecule has 0 amide bonds. The Hall–Kier alpha value is -2.96. The van der Waals surface area contributed by atoms with Crippen LogP contribution in [0.15, 0.2) is 42.5 Å². The maximum Gasteiger partial charge on any atom is 0.204 e. The number of aromatic amines is 1. The summed E-state index contributed by atoms with van der Waals surface area (Å²) in [5.74, 6) is 0.163. The third kappa shape index (κ3) is 2.97. The quantitative estimate of drug-likeness (QED) is 0.685. The zero-order valence-corrected chi connectivity index (χ0v) is 10.9. The van der Waals surface area contributed by atoms with Gasteiger partial charge in [-0.15, -0.1) is 10.2 Å². The van der Waals surface area contributed by atoms with E-state index in [2.05, 4.69) is 25.9 Å². The van der Waals surface area contributed by atoms with Crippen molar-refractivity contribution in [2.75, 3.05) is 5.32 Å². The largest absolute Gasteiger partial charge is 0.508 e. The van der Waals surface area contributed by atoms with Crippen LogP contribution in [0.25, 0.3) is 11.4 Å². The molecule has 0 saturated carbocycles. The SMILES string of the molecule is Oc1ccc(F)cc1CNc1cccc(-c2nn[nH]n2)c1. The molecule has 2 aromatic carbocycles. The molecule has 0 fully saturated rings. The van der Waals surface area contributed by atoms with Crippen molar-refractivity contribution in [2.45, 2.75) is 6.54 Å². The van der Waals surface area contributed by atoms with Crippen molar-refractivity contribution >= 4 is 5.69 Å². The van der Waals surface area contributed by atoms with Crippen molar-refractivity contribution in [3.63, 3.8) is 0 Å². The number of hydrogen-bond acceptors (Lipinski definition) is 5. The van der Waals surface area contributed by atoms with E-state index in [9.17, 15) is 9.50 Å². The first kappa shape index (κ1) is 13.0. The highest BCUT2D eigenvalue weighted by atomic mass is 19.1. The predicted octanol–water partition coefficient (Wildman–Crippen LogP) is 2.32. The summed E-state index contributed by atoms with van der Waals surface area (Å²) in [5, 5.41) is 26.5. The number of anilines is 1. The van der Waals surface area contributed by atoms with E-state index in [1.807, 2.05) is 24.3 Å². The smallest absolute Gasteiger partial charge is 0.204 e. The second kappa shape index (κ2) is 5.58. The number of benzene rings is 2. The second-order valence-corrected chi connectivity index (χ2v) is 4.44. The minimum absolute atomic E-state index is 0.0539. The summed E-state index contributed by atoms with van der Waals surface area (Å²) >= 11 is 0. The molecular weight excluding hydrogens is 273 g/mol. The van der Waals surface area contributed by atoms with Gasteiger partial charge in [0, 0.05) is 23.4 Å². The molecule has 0 aliphatic heterocycles. The molecule has 0 spiro atoms. The zero-order valence-electron chi connectivity index (χ0n) is 10.9. The predicted molar refractivity (Wildman–Crippen MR) is 75.0 cm³/mol. The number of tetrazole rings is 1. The number of rotatable bonds is 4. The van der Waals surface area contributed by atoms with Gasteiger partial charge in [0.2, 0.25) is 5.82 Å². The Kier molecular flexibility index (Phi) is 3.46.